The predicted molar refractivity (Wildman–Crippen MR) is 78.3 cm³/mol. The topological polar surface area (TPSA) is 35.8 Å². The standard InChI is InChI=1S/C14H9BrClFN2/c1-8-4-11(15)12(17)6-14(8)19-13-3-2-10(16)5-9(13)7-18/h2-6,19H,1H3. The van der Waals surface area contributed by atoms with Crippen LogP contribution >= 0.6 is 27.5 Å². The Hall–Kier alpha value is -1.57. The molecule has 0 saturated heterocycles. The van der Waals surface area contributed by atoms with Gasteiger partial charge in [-0.3, -0.25) is 0 Å². The molecule has 0 atom stereocenters. The third-order valence-electron chi connectivity index (χ3n) is 2.64. The smallest absolute Gasteiger partial charge is 0.139 e. The molecule has 0 saturated carbocycles. The molecule has 2 rings (SSSR count). The van der Waals surface area contributed by atoms with Crippen molar-refractivity contribution in [3.05, 3.63) is 56.8 Å². The van der Waals surface area contributed by atoms with Crippen LogP contribution in [0, 0.1) is 24.1 Å². The molecule has 5 heteroatoms. The van der Waals surface area contributed by atoms with Crippen LogP contribution in [0.25, 0.3) is 0 Å². The number of hydrogen-bond acceptors (Lipinski definition) is 2. The fraction of sp³-hybridized carbons (Fsp3) is 0.0714. The zero-order valence-corrected chi connectivity index (χ0v) is 12.3. The molecule has 0 radical (unpaired) electrons. The summed E-state index contributed by atoms with van der Waals surface area (Å²) in [6, 6.07) is 10.1. The lowest BCUT2D eigenvalue weighted by Crippen LogP contribution is -1.97. The van der Waals surface area contributed by atoms with E-state index in [9.17, 15) is 4.39 Å². The highest BCUT2D eigenvalue weighted by atomic mass is 79.9. The minimum atomic E-state index is -0.361. The first-order valence-electron chi connectivity index (χ1n) is 5.43. The van der Waals surface area contributed by atoms with Crippen molar-refractivity contribution in [2.45, 2.75) is 6.92 Å². The van der Waals surface area contributed by atoms with Gasteiger partial charge in [0.15, 0.2) is 0 Å². The highest BCUT2D eigenvalue weighted by Crippen LogP contribution is 2.29. The Kier molecular flexibility index (Phi) is 4.08. The summed E-state index contributed by atoms with van der Waals surface area (Å²) < 4.78 is 13.9. The van der Waals surface area contributed by atoms with E-state index in [4.69, 9.17) is 16.9 Å². The van der Waals surface area contributed by atoms with Crippen molar-refractivity contribution in [2.75, 3.05) is 5.32 Å². The van der Waals surface area contributed by atoms with E-state index in [1.807, 2.05) is 6.92 Å². The van der Waals surface area contributed by atoms with Gasteiger partial charge in [-0.2, -0.15) is 5.26 Å². The molecule has 0 heterocycles. The molecule has 0 aliphatic rings. The number of nitrogens with one attached hydrogen (secondary N) is 1. The molecule has 0 bridgehead atoms. The van der Waals surface area contributed by atoms with Gasteiger partial charge in [0, 0.05) is 10.7 Å². The number of halogens is 3. The zero-order valence-electron chi connectivity index (χ0n) is 9.97. The average Bonchev–Trinajstić information content (AvgIpc) is 2.37. The van der Waals surface area contributed by atoms with Crippen molar-refractivity contribution in [1.29, 1.82) is 5.26 Å². The van der Waals surface area contributed by atoms with Crippen LogP contribution in [0.5, 0.6) is 0 Å². The Morgan fingerprint density at radius 1 is 1.26 bits per heavy atom. The molecule has 0 aromatic heterocycles. The number of nitrogens with zero attached hydrogens (tertiary/aromatic N) is 1. The lowest BCUT2D eigenvalue weighted by atomic mass is 10.1. The zero-order chi connectivity index (χ0) is 14.0. The van der Waals surface area contributed by atoms with E-state index >= 15 is 0 Å². The highest BCUT2D eigenvalue weighted by molar-refractivity contribution is 9.10. The number of hydrogen-bond donors (Lipinski definition) is 1. The Morgan fingerprint density at radius 2 is 2.00 bits per heavy atom. The molecule has 0 aliphatic carbocycles. The van der Waals surface area contributed by atoms with Gasteiger partial charge in [-0.25, -0.2) is 4.39 Å². The van der Waals surface area contributed by atoms with Gasteiger partial charge < -0.3 is 5.32 Å². The van der Waals surface area contributed by atoms with Gasteiger partial charge in [-0.1, -0.05) is 11.6 Å². The lowest BCUT2D eigenvalue weighted by Gasteiger charge is -2.12. The maximum atomic E-state index is 13.5. The van der Waals surface area contributed by atoms with Crippen LogP contribution in [0.4, 0.5) is 15.8 Å². The summed E-state index contributed by atoms with van der Waals surface area (Å²) >= 11 is 8.96. The molecule has 96 valence electrons. The van der Waals surface area contributed by atoms with Crippen molar-refractivity contribution in [3.8, 4) is 6.07 Å². The van der Waals surface area contributed by atoms with Crippen molar-refractivity contribution < 1.29 is 4.39 Å². The molecule has 0 aliphatic heterocycles. The fourth-order valence-corrected chi connectivity index (χ4v) is 2.27. The molecule has 2 aromatic rings. The van der Waals surface area contributed by atoms with Crippen LogP contribution in [-0.2, 0) is 0 Å². The normalized spacial score (nSPS) is 10.1. The molecule has 2 aromatic carbocycles. The van der Waals surface area contributed by atoms with E-state index in [0.29, 0.717) is 26.4 Å². The predicted octanol–water partition coefficient (Wildman–Crippen LogP) is 5.17. The van der Waals surface area contributed by atoms with Gasteiger partial charge in [0.25, 0.3) is 0 Å². The van der Waals surface area contributed by atoms with E-state index in [1.54, 1.807) is 24.3 Å². The summed E-state index contributed by atoms with van der Waals surface area (Å²) in [5.41, 5.74) is 2.48. The summed E-state index contributed by atoms with van der Waals surface area (Å²) in [6.45, 7) is 1.86. The quantitative estimate of drug-likeness (QED) is 0.819. The van der Waals surface area contributed by atoms with Gasteiger partial charge >= 0.3 is 0 Å². The first-order chi connectivity index (χ1) is 9.01. The molecule has 0 fully saturated rings. The summed E-state index contributed by atoms with van der Waals surface area (Å²) in [7, 11) is 0. The molecule has 1 N–H and O–H groups in total. The molecule has 0 spiro atoms. The number of rotatable bonds is 2. The maximum Gasteiger partial charge on any atom is 0.139 e. The van der Waals surface area contributed by atoms with Crippen LogP contribution < -0.4 is 5.32 Å². The molecule has 19 heavy (non-hydrogen) atoms. The second kappa shape index (κ2) is 5.60. The minimum absolute atomic E-state index is 0.361. The highest BCUT2D eigenvalue weighted by Gasteiger charge is 2.08. The van der Waals surface area contributed by atoms with Gasteiger partial charge in [-0.05, 0) is 58.7 Å². The third kappa shape index (κ3) is 3.06. The average molecular weight is 340 g/mol. The van der Waals surface area contributed by atoms with E-state index in [-0.39, 0.29) is 5.82 Å². The Labute approximate surface area is 123 Å². The van der Waals surface area contributed by atoms with E-state index < -0.39 is 0 Å². The minimum Gasteiger partial charge on any atom is -0.354 e. The third-order valence-corrected chi connectivity index (χ3v) is 3.48. The van der Waals surface area contributed by atoms with Crippen LogP contribution in [0.3, 0.4) is 0 Å². The van der Waals surface area contributed by atoms with Crippen LogP contribution in [0.2, 0.25) is 5.02 Å². The molecule has 2 nitrogen and oxygen atoms in total. The summed E-state index contributed by atoms with van der Waals surface area (Å²) in [4.78, 5) is 0. The van der Waals surface area contributed by atoms with E-state index in [1.165, 1.54) is 6.07 Å². The number of benzene rings is 2. The fourth-order valence-electron chi connectivity index (χ4n) is 1.64. The number of nitriles is 1. The Morgan fingerprint density at radius 3 is 2.68 bits per heavy atom. The second-order valence-electron chi connectivity index (χ2n) is 4.01. The van der Waals surface area contributed by atoms with Crippen LogP contribution in [-0.4, -0.2) is 0 Å². The van der Waals surface area contributed by atoms with Gasteiger partial charge in [-0.15, -0.1) is 0 Å². The SMILES string of the molecule is Cc1cc(Br)c(F)cc1Nc1ccc(Cl)cc1C#N. The molecule has 0 unspecified atom stereocenters. The van der Waals surface area contributed by atoms with Gasteiger partial charge in [0.2, 0.25) is 0 Å². The van der Waals surface area contributed by atoms with Gasteiger partial charge in [0.1, 0.15) is 11.9 Å². The van der Waals surface area contributed by atoms with Crippen LogP contribution in [0.15, 0.2) is 34.8 Å². The summed E-state index contributed by atoms with van der Waals surface area (Å²) in [5.74, 6) is -0.361. The van der Waals surface area contributed by atoms with Crippen molar-refractivity contribution in [1.82, 2.24) is 0 Å². The first-order valence-corrected chi connectivity index (χ1v) is 6.60. The van der Waals surface area contributed by atoms with Gasteiger partial charge in [0.05, 0.1) is 15.7 Å². The van der Waals surface area contributed by atoms with E-state index in [0.717, 1.165) is 5.56 Å². The second-order valence-corrected chi connectivity index (χ2v) is 5.30. The monoisotopic (exact) mass is 338 g/mol. The van der Waals surface area contributed by atoms with E-state index in [2.05, 4.69) is 27.3 Å². The first kappa shape index (κ1) is 13.9. The van der Waals surface area contributed by atoms with Crippen molar-refractivity contribution in [2.24, 2.45) is 0 Å². The maximum absolute atomic E-state index is 13.5. The number of aryl methyl sites for hydroxylation is 1. The Bertz CT molecular complexity index is 680. The summed E-state index contributed by atoms with van der Waals surface area (Å²) in [6.07, 6.45) is 0. The van der Waals surface area contributed by atoms with Crippen molar-refractivity contribution in [3.63, 3.8) is 0 Å². The largest absolute Gasteiger partial charge is 0.354 e. The lowest BCUT2D eigenvalue weighted by molar-refractivity contribution is 0.621. The van der Waals surface area contributed by atoms with Crippen molar-refractivity contribution >= 4 is 38.9 Å². The molecule has 0 amide bonds. The molecular formula is C14H9BrClFN2. The van der Waals surface area contributed by atoms with Crippen LogP contribution in [0.1, 0.15) is 11.1 Å². The number of anilines is 2. The molecular weight excluding hydrogens is 331 g/mol. The summed E-state index contributed by atoms with van der Waals surface area (Å²) in [5, 5.41) is 12.6. The Balaban J connectivity index is 2.42.